The van der Waals surface area contributed by atoms with E-state index in [1.165, 1.54) is 23.4 Å². The van der Waals surface area contributed by atoms with E-state index in [1.807, 2.05) is 36.4 Å². The molecule has 3 rings (SSSR count). The summed E-state index contributed by atoms with van der Waals surface area (Å²) in [5, 5.41) is 16.3. The molecule has 0 aliphatic heterocycles. The highest BCUT2D eigenvalue weighted by Crippen LogP contribution is 2.23. The third-order valence-corrected chi connectivity index (χ3v) is 2.99. The minimum absolute atomic E-state index is 0.0901. The Morgan fingerprint density at radius 1 is 1.17 bits per heavy atom. The van der Waals surface area contributed by atoms with Gasteiger partial charge in [0.05, 0.1) is 0 Å². The van der Waals surface area contributed by atoms with E-state index in [0.29, 0.717) is 11.5 Å². The first-order chi connectivity index (χ1) is 11.3. The molecular formula is C16H11N5O2. The number of hydrogen-bond donors (Lipinski definition) is 1. The van der Waals surface area contributed by atoms with E-state index in [0.717, 1.165) is 5.56 Å². The first-order valence-electron chi connectivity index (χ1n) is 6.69. The Labute approximate surface area is 131 Å². The van der Waals surface area contributed by atoms with Gasteiger partial charge in [0.25, 0.3) is 5.91 Å². The van der Waals surface area contributed by atoms with Crippen molar-refractivity contribution in [3.05, 3.63) is 66.5 Å². The van der Waals surface area contributed by atoms with E-state index < -0.39 is 5.91 Å². The molecule has 7 heteroatoms. The predicted molar refractivity (Wildman–Crippen MR) is 82.1 cm³/mol. The van der Waals surface area contributed by atoms with E-state index in [-0.39, 0.29) is 5.57 Å². The van der Waals surface area contributed by atoms with Crippen LogP contribution in [-0.2, 0) is 4.79 Å². The van der Waals surface area contributed by atoms with Crippen molar-refractivity contribution in [2.75, 3.05) is 5.43 Å². The SMILES string of the molecule is N#CC(=Cc1ccc(-c2ccccc2)o1)C(=O)Nn1cnnc1. The molecular weight excluding hydrogens is 294 g/mol. The molecule has 0 unspecified atom stereocenters. The van der Waals surface area contributed by atoms with Gasteiger partial charge in [0, 0.05) is 11.6 Å². The van der Waals surface area contributed by atoms with Crippen LogP contribution in [0, 0.1) is 11.3 Å². The van der Waals surface area contributed by atoms with Crippen molar-refractivity contribution in [3.8, 4) is 17.4 Å². The number of furan rings is 1. The Morgan fingerprint density at radius 3 is 2.61 bits per heavy atom. The van der Waals surface area contributed by atoms with Crippen LogP contribution in [0.25, 0.3) is 17.4 Å². The summed E-state index contributed by atoms with van der Waals surface area (Å²) in [6, 6.07) is 14.9. The van der Waals surface area contributed by atoms with Crippen molar-refractivity contribution < 1.29 is 9.21 Å². The van der Waals surface area contributed by atoms with E-state index in [9.17, 15) is 4.79 Å². The first kappa shape index (κ1) is 14.3. The number of carbonyl (C=O) groups is 1. The molecule has 112 valence electrons. The number of hydrogen-bond acceptors (Lipinski definition) is 5. The number of nitrogens with one attached hydrogen (secondary N) is 1. The fraction of sp³-hybridized carbons (Fsp3) is 0. The molecule has 1 N–H and O–H groups in total. The second-order valence-electron chi connectivity index (χ2n) is 4.55. The molecule has 0 radical (unpaired) electrons. The standard InChI is InChI=1S/C16H11N5O2/c17-9-13(16(22)20-21-10-18-19-11-21)8-14-6-7-15(23-14)12-4-2-1-3-5-12/h1-8,10-11H,(H,20,22). The minimum Gasteiger partial charge on any atom is -0.457 e. The van der Waals surface area contributed by atoms with Crippen LogP contribution in [-0.4, -0.2) is 20.8 Å². The zero-order valence-corrected chi connectivity index (χ0v) is 11.9. The second-order valence-corrected chi connectivity index (χ2v) is 4.55. The second kappa shape index (κ2) is 6.41. The number of rotatable bonds is 4. The third-order valence-electron chi connectivity index (χ3n) is 2.99. The average Bonchev–Trinajstić information content (AvgIpc) is 3.25. The van der Waals surface area contributed by atoms with Crippen LogP contribution < -0.4 is 5.43 Å². The molecule has 0 spiro atoms. The van der Waals surface area contributed by atoms with Crippen molar-refractivity contribution >= 4 is 12.0 Å². The Balaban J connectivity index is 1.80. The fourth-order valence-corrected chi connectivity index (χ4v) is 1.91. The van der Waals surface area contributed by atoms with Gasteiger partial charge in [0.1, 0.15) is 35.8 Å². The summed E-state index contributed by atoms with van der Waals surface area (Å²) in [6.07, 6.45) is 4.01. The van der Waals surface area contributed by atoms with Crippen molar-refractivity contribution in [2.24, 2.45) is 0 Å². The molecule has 0 aliphatic rings. The maximum Gasteiger partial charge on any atom is 0.280 e. The summed E-state index contributed by atoms with van der Waals surface area (Å²) in [5.41, 5.74) is 3.28. The lowest BCUT2D eigenvalue weighted by Crippen LogP contribution is -2.22. The van der Waals surface area contributed by atoms with Gasteiger partial charge < -0.3 is 4.42 Å². The molecule has 0 atom stereocenters. The molecule has 0 aliphatic carbocycles. The Bertz CT molecular complexity index is 873. The Hall–Kier alpha value is -3.66. The van der Waals surface area contributed by atoms with E-state index in [1.54, 1.807) is 12.1 Å². The van der Waals surface area contributed by atoms with Gasteiger partial charge in [-0.15, -0.1) is 10.2 Å². The number of carbonyl (C=O) groups excluding carboxylic acids is 1. The van der Waals surface area contributed by atoms with E-state index >= 15 is 0 Å². The third kappa shape index (κ3) is 3.33. The summed E-state index contributed by atoms with van der Waals surface area (Å²) in [4.78, 5) is 12.0. The van der Waals surface area contributed by atoms with Crippen LogP contribution in [0.5, 0.6) is 0 Å². The van der Waals surface area contributed by atoms with Crippen molar-refractivity contribution in [2.45, 2.75) is 0 Å². The van der Waals surface area contributed by atoms with Gasteiger partial charge in [-0.1, -0.05) is 30.3 Å². The summed E-state index contributed by atoms with van der Waals surface area (Å²) < 4.78 is 6.90. The zero-order chi connectivity index (χ0) is 16.1. The number of aromatic nitrogens is 3. The molecule has 1 aromatic carbocycles. The summed E-state index contributed by atoms with van der Waals surface area (Å²) >= 11 is 0. The molecule has 0 bridgehead atoms. The normalized spacial score (nSPS) is 11.0. The predicted octanol–water partition coefficient (Wildman–Crippen LogP) is 2.22. The minimum atomic E-state index is -0.579. The molecule has 23 heavy (non-hydrogen) atoms. The lowest BCUT2D eigenvalue weighted by Gasteiger charge is -2.02. The van der Waals surface area contributed by atoms with Gasteiger partial charge in [-0.05, 0) is 12.1 Å². The largest absolute Gasteiger partial charge is 0.457 e. The lowest BCUT2D eigenvalue weighted by atomic mass is 10.2. The fourth-order valence-electron chi connectivity index (χ4n) is 1.91. The van der Waals surface area contributed by atoms with Crippen molar-refractivity contribution in [1.82, 2.24) is 14.9 Å². The van der Waals surface area contributed by atoms with Crippen LogP contribution in [0.4, 0.5) is 0 Å². The average molecular weight is 305 g/mol. The number of nitrogens with zero attached hydrogens (tertiary/aromatic N) is 4. The van der Waals surface area contributed by atoms with Gasteiger partial charge in [-0.3, -0.25) is 10.2 Å². The van der Waals surface area contributed by atoms with E-state index in [4.69, 9.17) is 9.68 Å². The first-order valence-corrected chi connectivity index (χ1v) is 6.69. The Morgan fingerprint density at radius 2 is 1.91 bits per heavy atom. The Kier molecular flexibility index (Phi) is 3.98. The summed E-state index contributed by atoms with van der Waals surface area (Å²) in [5.74, 6) is 0.498. The molecule has 2 aromatic heterocycles. The number of nitriles is 1. The molecule has 0 saturated heterocycles. The highest BCUT2D eigenvalue weighted by atomic mass is 16.3. The lowest BCUT2D eigenvalue weighted by molar-refractivity contribution is -0.113. The monoisotopic (exact) mass is 305 g/mol. The molecule has 2 heterocycles. The molecule has 1 amide bonds. The van der Waals surface area contributed by atoms with Crippen molar-refractivity contribution in [3.63, 3.8) is 0 Å². The van der Waals surface area contributed by atoms with Crippen LogP contribution in [0.2, 0.25) is 0 Å². The number of benzene rings is 1. The highest BCUT2D eigenvalue weighted by molar-refractivity contribution is 6.06. The number of amides is 1. The molecule has 7 nitrogen and oxygen atoms in total. The maximum atomic E-state index is 12.0. The van der Waals surface area contributed by atoms with Crippen LogP contribution in [0.3, 0.4) is 0 Å². The van der Waals surface area contributed by atoms with Crippen molar-refractivity contribution in [1.29, 1.82) is 5.26 Å². The van der Waals surface area contributed by atoms with Gasteiger partial charge in [-0.2, -0.15) is 5.26 Å². The van der Waals surface area contributed by atoms with Crippen LogP contribution >= 0.6 is 0 Å². The van der Waals surface area contributed by atoms with Gasteiger partial charge in [0.15, 0.2) is 0 Å². The zero-order valence-electron chi connectivity index (χ0n) is 11.9. The highest BCUT2D eigenvalue weighted by Gasteiger charge is 2.11. The van der Waals surface area contributed by atoms with Gasteiger partial charge in [0.2, 0.25) is 0 Å². The summed E-state index contributed by atoms with van der Waals surface area (Å²) in [7, 11) is 0. The van der Waals surface area contributed by atoms with Crippen LogP contribution in [0.1, 0.15) is 5.76 Å². The van der Waals surface area contributed by atoms with E-state index in [2.05, 4.69) is 15.6 Å². The van der Waals surface area contributed by atoms with Gasteiger partial charge >= 0.3 is 0 Å². The van der Waals surface area contributed by atoms with Crippen LogP contribution in [0.15, 0.2) is 65.1 Å². The van der Waals surface area contributed by atoms with Gasteiger partial charge in [-0.25, -0.2) is 4.68 Å². The summed E-state index contributed by atoms with van der Waals surface area (Å²) in [6.45, 7) is 0. The topological polar surface area (TPSA) is 96.7 Å². The molecule has 0 fully saturated rings. The quantitative estimate of drug-likeness (QED) is 0.589. The molecule has 0 saturated carbocycles. The molecule has 3 aromatic rings. The smallest absolute Gasteiger partial charge is 0.280 e. The maximum absolute atomic E-state index is 12.0.